The van der Waals surface area contributed by atoms with Crippen LogP contribution in [0.25, 0.3) is 16.9 Å². The van der Waals surface area contributed by atoms with Crippen LogP contribution in [0.3, 0.4) is 0 Å². The molecule has 0 radical (unpaired) electrons. The molecule has 0 unspecified atom stereocenters. The Morgan fingerprint density at radius 1 is 1.12 bits per heavy atom. The molecule has 4 rings (SSSR count). The summed E-state index contributed by atoms with van der Waals surface area (Å²) in [6.07, 6.45) is 5.05. The van der Waals surface area contributed by atoms with Crippen LogP contribution in [0.1, 0.15) is 31.9 Å². The third-order valence-electron chi connectivity index (χ3n) is 4.76. The van der Waals surface area contributed by atoms with E-state index in [-0.39, 0.29) is 11.3 Å². The van der Waals surface area contributed by atoms with Crippen LogP contribution in [0, 0.1) is 12.3 Å². The zero-order chi connectivity index (χ0) is 17.8. The molecule has 3 heterocycles. The first kappa shape index (κ1) is 15.9. The van der Waals surface area contributed by atoms with Crippen molar-refractivity contribution in [2.75, 3.05) is 11.4 Å². The molecule has 4 heteroatoms. The highest BCUT2D eigenvalue weighted by molar-refractivity contribution is 5.99. The van der Waals surface area contributed by atoms with Gasteiger partial charge >= 0.3 is 0 Å². The lowest BCUT2D eigenvalue weighted by Gasteiger charge is -2.26. The van der Waals surface area contributed by atoms with Crippen molar-refractivity contribution in [2.45, 2.75) is 34.1 Å². The van der Waals surface area contributed by atoms with Gasteiger partial charge in [-0.05, 0) is 42.7 Å². The Labute approximate surface area is 148 Å². The molecule has 0 fully saturated rings. The first-order valence-corrected chi connectivity index (χ1v) is 8.73. The Balaban J connectivity index is 1.71. The zero-order valence-corrected chi connectivity index (χ0v) is 15.2. The highest BCUT2D eigenvalue weighted by atomic mass is 16.2. The lowest BCUT2D eigenvalue weighted by atomic mass is 9.94. The van der Waals surface area contributed by atoms with Crippen molar-refractivity contribution in [2.24, 2.45) is 5.41 Å². The molecule has 0 atom stereocenters. The van der Waals surface area contributed by atoms with Crippen LogP contribution in [0.5, 0.6) is 0 Å². The molecule has 0 bridgehead atoms. The Kier molecular flexibility index (Phi) is 3.46. The molecule has 2 aromatic heterocycles. The summed E-state index contributed by atoms with van der Waals surface area (Å²) in [4.78, 5) is 19.3. The second-order valence-corrected chi connectivity index (χ2v) is 7.90. The summed E-state index contributed by atoms with van der Waals surface area (Å²) in [5, 5.41) is 0. The van der Waals surface area contributed by atoms with Gasteiger partial charge in [-0.25, -0.2) is 4.98 Å². The zero-order valence-electron chi connectivity index (χ0n) is 15.2. The topological polar surface area (TPSA) is 37.6 Å². The number of fused-ring (bicyclic) bond motifs is 2. The smallest absolute Gasteiger partial charge is 0.232 e. The summed E-state index contributed by atoms with van der Waals surface area (Å²) in [5.41, 5.74) is 6.14. The Hall–Kier alpha value is -2.62. The second-order valence-electron chi connectivity index (χ2n) is 7.90. The van der Waals surface area contributed by atoms with Crippen molar-refractivity contribution >= 4 is 17.2 Å². The van der Waals surface area contributed by atoms with Crippen LogP contribution in [0.4, 0.5) is 5.69 Å². The van der Waals surface area contributed by atoms with Crippen LogP contribution in [0.15, 0.2) is 42.7 Å². The summed E-state index contributed by atoms with van der Waals surface area (Å²) in [6.45, 7) is 8.76. The van der Waals surface area contributed by atoms with Crippen LogP contribution in [-0.2, 0) is 11.2 Å². The number of aryl methyl sites for hydroxylation is 1. The minimum absolute atomic E-state index is 0.183. The van der Waals surface area contributed by atoms with Gasteiger partial charge in [0, 0.05) is 35.6 Å². The van der Waals surface area contributed by atoms with Gasteiger partial charge in [0.1, 0.15) is 5.65 Å². The first-order valence-electron chi connectivity index (χ1n) is 8.73. The lowest BCUT2D eigenvalue weighted by Crippen LogP contribution is -2.38. The number of amides is 1. The molecule has 0 N–H and O–H groups in total. The van der Waals surface area contributed by atoms with Crippen molar-refractivity contribution in [3.8, 4) is 11.3 Å². The molecule has 1 aliphatic rings. The number of hydrogen-bond acceptors (Lipinski definition) is 2. The second kappa shape index (κ2) is 5.45. The molecule has 1 aromatic carbocycles. The van der Waals surface area contributed by atoms with E-state index < -0.39 is 0 Å². The number of rotatable bonds is 1. The van der Waals surface area contributed by atoms with Gasteiger partial charge in [-0.3, -0.25) is 4.79 Å². The minimum Gasteiger partial charge on any atom is -0.311 e. The van der Waals surface area contributed by atoms with E-state index in [4.69, 9.17) is 4.98 Å². The van der Waals surface area contributed by atoms with E-state index in [1.165, 1.54) is 11.1 Å². The van der Waals surface area contributed by atoms with Crippen molar-refractivity contribution < 1.29 is 4.79 Å². The maximum atomic E-state index is 12.6. The normalized spacial score (nSPS) is 14.2. The summed E-state index contributed by atoms with van der Waals surface area (Å²) < 4.78 is 2.06. The summed E-state index contributed by atoms with van der Waals surface area (Å²) in [7, 11) is 0. The summed E-state index contributed by atoms with van der Waals surface area (Å²) in [5.74, 6) is 0.183. The fourth-order valence-electron chi connectivity index (χ4n) is 3.42. The van der Waals surface area contributed by atoms with Gasteiger partial charge in [0.05, 0.1) is 5.69 Å². The average Bonchev–Trinajstić information content (AvgIpc) is 3.15. The van der Waals surface area contributed by atoms with Gasteiger partial charge in [0.2, 0.25) is 5.91 Å². The van der Waals surface area contributed by atoms with Crippen LogP contribution in [-0.4, -0.2) is 21.8 Å². The number of imidazole rings is 1. The van der Waals surface area contributed by atoms with Crippen LogP contribution >= 0.6 is 0 Å². The Morgan fingerprint density at radius 2 is 1.92 bits per heavy atom. The van der Waals surface area contributed by atoms with E-state index in [0.717, 1.165) is 35.6 Å². The molecular formula is C21H23N3O. The van der Waals surface area contributed by atoms with Gasteiger partial charge < -0.3 is 9.30 Å². The van der Waals surface area contributed by atoms with Crippen molar-refractivity contribution in [3.63, 3.8) is 0 Å². The van der Waals surface area contributed by atoms with E-state index in [1.54, 1.807) is 0 Å². The molecule has 0 saturated heterocycles. The first-order chi connectivity index (χ1) is 11.8. The number of carbonyl (C=O) groups excluding carboxylic acids is 1. The third kappa shape index (κ3) is 2.72. The predicted molar refractivity (Wildman–Crippen MR) is 101 cm³/mol. The molecule has 0 spiro atoms. The Morgan fingerprint density at radius 3 is 2.68 bits per heavy atom. The molecule has 4 nitrogen and oxygen atoms in total. The van der Waals surface area contributed by atoms with Crippen LogP contribution in [0.2, 0.25) is 0 Å². The number of benzene rings is 1. The fraction of sp³-hybridized carbons (Fsp3) is 0.333. The van der Waals surface area contributed by atoms with Gasteiger partial charge in [-0.15, -0.1) is 0 Å². The van der Waals surface area contributed by atoms with E-state index >= 15 is 0 Å². The standard InChI is InChI=1S/C21H23N3O/c1-14-5-8-19-22-17(13-23(19)12-14)15-6-7-18-16(11-15)9-10-24(18)20(25)21(2,3)4/h5-8,11-13H,9-10H2,1-4H3. The number of aromatic nitrogens is 2. The van der Waals surface area contributed by atoms with Gasteiger partial charge in [0.15, 0.2) is 0 Å². The highest BCUT2D eigenvalue weighted by Crippen LogP contribution is 2.34. The quantitative estimate of drug-likeness (QED) is 0.668. The number of anilines is 1. The molecule has 1 amide bonds. The largest absolute Gasteiger partial charge is 0.311 e. The third-order valence-corrected chi connectivity index (χ3v) is 4.76. The molecule has 25 heavy (non-hydrogen) atoms. The summed E-state index contributed by atoms with van der Waals surface area (Å²) in [6, 6.07) is 10.4. The molecule has 0 aliphatic carbocycles. The monoisotopic (exact) mass is 333 g/mol. The highest BCUT2D eigenvalue weighted by Gasteiger charge is 2.32. The maximum absolute atomic E-state index is 12.6. The SMILES string of the molecule is Cc1ccc2nc(-c3ccc4c(c3)CCN4C(=O)C(C)(C)C)cn2c1. The number of hydrogen-bond donors (Lipinski definition) is 0. The van der Waals surface area contributed by atoms with Gasteiger partial charge in [0.25, 0.3) is 0 Å². The predicted octanol–water partition coefficient (Wildman–Crippen LogP) is 4.24. The van der Waals surface area contributed by atoms with E-state index in [2.05, 4.69) is 48.0 Å². The fourth-order valence-corrected chi connectivity index (χ4v) is 3.42. The van der Waals surface area contributed by atoms with Gasteiger partial charge in [-0.2, -0.15) is 0 Å². The van der Waals surface area contributed by atoms with Gasteiger partial charge in [-0.1, -0.05) is 32.9 Å². The molecular weight excluding hydrogens is 310 g/mol. The van der Waals surface area contributed by atoms with Crippen LogP contribution < -0.4 is 4.90 Å². The average molecular weight is 333 g/mol. The lowest BCUT2D eigenvalue weighted by molar-refractivity contribution is -0.125. The Bertz CT molecular complexity index is 978. The number of nitrogens with zero attached hydrogens (tertiary/aromatic N) is 3. The molecule has 1 aliphatic heterocycles. The molecule has 0 saturated carbocycles. The number of pyridine rings is 1. The molecule has 3 aromatic rings. The van der Waals surface area contributed by atoms with Crippen molar-refractivity contribution in [3.05, 3.63) is 53.9 Å². The van der Waals surface area contributed by atoms with E-state index in [9.17, 15) is 4.79 Å². The molecule has 128 valence electrons. The maximum Gasteiger partial charge on any atom is 0.232 e. The number of carbonyl (C=O) groups is 1. The minimum atomic E-state index is -0.361. The van der Waals surface area contributed by atoms with Crippen molar-refractivity contribution in [1.29, 1.82) is 0 Å². The van der Waals surface area contributed by atoms with E-state index in [1.807, 2.05) is 31.7 Å². The van der Waals surface area contributed by atoms with Crippen molar-refractivity contribution in [1.82, 2.24) is 9.38 Å². The summed E-state index contributed by atoms with van der Waals surface area (Å²) >= 11 is 0. The van der Waals surface area contributed by atoms with E-state index in [0.29, 0.717) is 0 Å².